The summed E-state index contributed by atoms with van der Waals surface area (Å²) < 4.78 is 0. The summed E-state index contributed by atoms with van der Waals surface area (Å²) in [6.07, 6.45) is 12.0. The van der Waals surface area contributed by atoms with Crippen LogP contribution in [-0.2, 0) is 6.42 Å². The topological polar surface area (TPSA) is 32.9 Å². The summed E-state index contributed by atoms with van der Waals surface area (Å²) in [6.45, 7) is 10.5. The van der Waals surface area contributed by atoms with Crippen molar-refractivity contribution in [2.75, 3.05) is 0 Å². The lowest BCUT2D eigenvalue weighted by Gasteiger charge is -2.29. The van der Waals surface area contributed by atoms with Crippen molar-refractivity contribution >= 4 is 28.0 Å². The Kier molecular flexibility index (Phi) is 8.71. The van der Waals surface area contributed by atoms with E-state index in [1.54, 1.807) is 12.5 Å². The summed E-state index contributed by atoms with van der Waals surface area (Å²) >= 11 is 1.82. The Balaban J connectivity index is 0.000000250. The monoisotopic (exact) mass is 439 g/mol. The third kappa shape index (κ3) is 6.67. The van der Waals surface area contributed by atoms with Gasteiger partial charge in [0.15, 0.2) is 5.78 Å². The number of hydrogen-bond acceptors (Lipinski definition) is 2. The van der Waals surface area contributed by atoms with Crippen molar-refractivity contribution in [1.82, 2.24) is 4.98 Å². The fourth-order valence-electron chi connectivity index (χ4n) is 5.15. The van der Waals surface area contributed by atoms with E-state index in [-0.39, 0.29) is 8.64 Å². The molecular weight excluding hydrogens is 398 g/mol. The van der Waals surface area contributed by atoms with Gasteiger partial charge in [-0.15, -0.1) is 11.3 Å². The molecule has 4 atom stereocenters. The fourth-order valence-corrected chi connectivity index (χ4v) is 5.81. The molecule has 1 aromatic carbocycles. The SMILES string of the molecule is C=CC(=O)c1ccc2cc[nH]c2c1.CC1C[C@@H]2CC[C@H]1C[C@H](C)C2.CCc1cccs1.[HH].[HH]. The van der Waals surface area contributed by atoms with Crippen LogP contribution in [0.1, 0.15) is 71.0 Å². The molecule has 3 heteroatoms. The zero-order chi connectivity index (χ0) is 22.2. The number of thiophene rings is 1. The summed E-state index contributed by atoms with van der Waals surface area (Å²) in [5.74, 6) is 4.20. The molecule has 2 heterocycles. The van der Waals surface area contributed by atoms with Crippen LogP contribution in [0.25, 0.3) is 10.9 Å². The van der Waals surface area contributed by atoms with Gasteiger partial charge in [0.05, 0.1) is 0 Å². The number of fused-ring (bicyclic) bond motifs is 5. The van der Waals surface area contributed by atoms with Crippen molar-refractivity contribution in [3.8, 4) is 0 Å². The molecule has 31 heavy (non-hydrogen) atoms. The number of aromatic nitrogens is 1. The minimum absolute atomic E-state index is 0. The molecule has 0 saturated heterocycles. The molecule has 2 aromatic heterocycles. The number of allylic oxidation sites excluding steroid dienone is 1. The maximum absolute atomic E-state index is 11.2. The Morgan fingerprint density at radius 3 is 2.68 bits per heavy atom. The molecule has 0 aliphatic heterocycles. The maximum Gasteiger partial charge on any atom is 0.185 e. The van der Waals surface area contributed by atoms with Crippen LogP contribution in [0.5, 0.6) is 0 Å². The molecule has 3 aliphatic rings. The van der Waals surface area contributed by atoms with Crippen LogP contribution in [0.15, 0.2) is 60.6 Å². The molecule has 1 N–H and O–H groups in total. The fraction of sp³-hybridized carbons (Fsp3) is 0.464. The van der Waals surface area contributed by atoms with Gasteiger partial charge >= 0.3 is 0 Å². The quantitative estimate of drug-likeness (QED) is 0.321. The highest BCUT2D eigenvalue weighted by Crippen LogP contribution is 2.44. The van der Waals surface area contributed by atoms with E-state index in [2.05, 4.69) is 49.8 Å². The Hall–Kier alpha value is -2.13. The standard InChI is InChI=1S/C11H9NO.C11H20.C6H8S.2H2/c1-2-11(13)9-4-3-8-5-6-12-10(8)7-9;1-8-5-10-3-4-11(6-8)9(2)7-10;1-2-6-4-3-5-7-6;;/h2-7,12H,1H2;8-11H,3-7H2,1-2H3;3-5H,2H2,1H3;2*1H/t;8-,9?,10-,11+;;;/m.1.../s1. The van der Waals surface area contributed by atoms with E-state index in [9.17, 15) is 4.79 Å². The second kappa shape index (κ2) is 11.5. The molecule has 0 radical (unpaired) electrons. The predicted octanol–water partition coefficient (Wildman–Crippen LogP) is 8.81. The largest absolute Gasteiger partial charge is 0.361 e. The summed E-state index contributed by atoms with van der Waals surface area (Å²) in [4.78, 5) is 15.8. The van der Waals surface area contributed by atoms with Crippen LogP contribution >= 0.6 is 11.3 Å². The molecular formula is C28H41NOS. The number of H-pyrrole nitrogens is 1. The van der Waals surface area contributed by atoms with E-state index in [1.165, 1.54) is 43.1 Å². The number of rotatable bonds is 3. The molecule has 3 aliphatic carbocycles. The van der Waals surface area contributed by atoms with Gasteiger partial charge in [0.2, 0.25) is 0 Å². The van der Waals surface area contributed by atoms with E-state index in [1.807, 2.05) is 35.7 Å². The molecule has 0 amide bonds. The van der Waals surface area contributed by atoms with Crippen LogP contribution in [0.4, 0.5) is 0 Å². The number of carbonyl (C=O) groups is 1. The van der Waals surface area contributed by atoms with Crippen molar-refractivity contribution in [2.45, 2.75) is 59.3 Å². The number of ketones is 1. The van der Waals surface area contributed by atoms with Gasteiger partial charge in [0.25, 0.3) is 0 Å². The smallest absolute Gasteiger partial charge is 0.185 e. The highest BCUT2D eigenvalue weighted by atomic mass is 32.1. The highest BCUT2D eigenvalue weighted by molar-refractivity contribution is 7.09. The Labute approximate surface area is 194 Å². The van der Waals surface area contributed by atoms with Gasteiger partial charge in [0, 0.05) is 25.0 Å². The first-order valence-corrected chi connectivity index (χ1v) is 12.6. The number of hydrogen-bond donors (Lipinski definition) is 1. The van der Waals surface area contributed by atoms with E-state index in [4.69, 9.17) is 0 Å². The molecule has 6 rings (SSSR count). The molecule has 1 unspecified atom stereocenters. The molecule has 3 fully saturated rings. The first-order chi connectivity index (χ1) is 15.0. The lowest BCUT2D eigenvalue weighted by molar-refractivity contribution is 0.104. The Bertz CT molecular complexity index is 963. The van der Waals surface area contributed by atoms with Gasteiger partial charge < -0.3 is 4.98 Å². The molecule has 170 valence electrons. The molecule has 0 spiro atoms. The second-order valence-corrected chi connectivity index (χ2v) is 10.3. The molecule has 3 aromatic rings. The minimum atomic E-state index is -0.0449. The Morgan fingerprint density at radius 1 is 1.19 bits per heavy atom. The normalized spacial score (nSPS) is 24.4. The zero-order valence-corrected chi connectivity index (χ0v) is 20.1. The third-order valence-electron chi connectivity index (χ3n) is 6.85. The van der Waals surface area contributed by atoms with E-state index in [0.717, 1.165) is 34.6 Å². The number of benzene rings is 1. The first kappa shape index (κ1) is 23.5. The average Bonchev–Trinajstić information content (AvgIpc) is 3.41. The van der Waals surface area contributed by atoms with Crippen molar-refractivity contribution < 1.29 is 7.65 Å². The third-order valence-corrected chi connectivity index (χ3v) is 7.87. The number of carbonyl (C=O) groups excluding carboxylic acids is 1. The van der Waals surface area contributed by atoms with Gasteiger partial charge in [0.1, 0.15) is 0 Å². The van der Waals surface area contributed by atoms with E-state index >= 15 is 0 Å². The van der Waals surface area contributed by atoms with Crippen LogP contribution in [0.2, 0.25) is 0 Å². The predicted molar refractivity (Wildman–Crippen MR) is 139 cm³/mol. The van der Waals surface area contributed by atoms with Crippen LogP contribution < -0.4 is 0 Å². The average molecular weight is 440 g/mol. The van der Waals surface area contributed by atoms with Crippen LogP contribution in [-0.4, -0.2) is 10.8 Å². The van der Waals surface area contributed by atoms with Gasteiger partial charge in [-0.05, 0) is 90.8 Å². The lowest BCUT2D eigenvalue weighted by atomic mass is 9.77. The summed E-state index contributed by atoms with van der Waals surface area (Å²) in [7, 11) is 0. The van der Waals surface area contributed by atoms with Gasteiger partial charge in [-0.2, -0.15) is 0 Å². The van der Waals surface area contributed by atoms with E-state index < -0.39 is 0 Å². The Morgan fingerprint density at radius 2 is 2.03 bits per heavy atom. The number of aryl methyl sites for hydroxylation is 1. The number of nitrogens with one attached hydrogen (secondary N) is 1. The molecule has 2 nitrogen and oxygen atoms in total. The summed E-state index contributed by atoms with van der Waals surface area (Å²) in [5, 5.41) is 3.22. The number of aromatic amines is 1. The van der Waals surface area contributed by atoms with Crippen LogP contribution in [0.3, 0.4) is 0 Å². The highest BCUT2D eigenvalue weighted by Gasteiger charge is 2.33. The molecule has 2 bridgehead atoms. The summed E-state index contributed by atoms with van der Waals surface area (Å²) in [5.41, 5.74) is 1.65. The second-order valence-electron chi connectivity index (χ2n) is 9.27. The minimum Gasteiger partial charge on any atom is -0.361 e. The van der Waals surface area contributed by atoms with Gasteiger partial charge in [-0.3, -0.25) is 4.79 Å². The van der Waals surface area contributed by atoms with Crippen molar-refractivity contribution in [1.29, 1.82) is 0 Å². The zero-order valence-electron chi connectivity index (χ0n) is 19.3. The lowest BCUT2D eigenvalue weighted by Crippen LogP contribution is -2.18. The van der Waals surface area contributed by atoms with Gasteiger partial charge in [-0.1, -0.05) is 52.0 Å². The van der Waals surface area contributed by atoms with Crippen molar-refractivity contribution in [3.63, 3.8) is 0 Å². The van der Waals surface area contributed by atoms with E-state index in [0.29, 0.717) is 5.56 Å². The first-order valence-electron chi connectivity index (χ1n) is 11.8. The molecule has 3 saturated carbocycles. The van der Waals surface area contributed by atoms with Crippen molar-refractivity contribution in [3.05, 3.63) is 71.1 Å². The van der Waals surface area contributed by atoms with Gasteiger partial charge in [-0.25, -0.2) is 0 Å². The maximum atomic E-state index is 11.2. The van der Waals surface area contributed by atoms with Crippen molar-refractivity contribution in [2.24, 2.45) is 23.7 Å². The van der Waals surface area contributed by atoms with Crippen LogP contribution in [0, 0.1) is 23.7 Å². The summed E-state index contributed by atoms with van der Waals surface area (Å²) in [6, 6.07) is 11.8.